The minimum Gasteiger partial charge on any atom is -0.480 e. The molecule has 0 aliphatic heterocycles. The molecule has 0 amide bonds. The molecule has 6 nitrogen and oxygen atoms in total. The number of aliphatic carboxylic acids is 1. The highest BCUT2D eigenvalue weighted by atomic mass is 16.4. The van der Waals surface area contributed by atoms with E-state index >= 15 is 0 Å². The summed E-state index contributed by atoms with van der Waals surface area (Å²) in [5.74, 6) is -0.767. The molecule has 0 aliphatic carbocycles. The highest BCUT2D eigenvalue weighted by Gasteiger charge is 2.29. The van der Waals surface area contributed by atoms with Crippen molar-refractivity contribution in [3.63, 3.8) is 0 Å². The van der Waals surface area contributed by atoms with Crippen molar-refractivity contribution in [2.75, 3.05) is 13.6 Å². The van der Waals surface area contributed by atoms with Gasteiger partial charge >= 0.3 is 5.97 Å². The quantitative estimate of drug-likeness (QED) is 0.260. The van der Waals surface area contributed by atoms with Gasteiger partial charge in [-0.05, 0) is 33.2 Å². The summed E-state index contributed by atoms with van der Waals surface area (Å²) in [4.78, 5) is 14.7. The number of carboxylic acid groups (broad SMARTS) is 1. The van der Waals surface area contributed by atoms with Gasteiger partial charge in [-0.3, -0.25) is 9.79 Å². The van der Waals surface area contributed by atoms with E-state index in [4.69, 9.17) is 16.6 Å². The van der Waals surface area contributed by atoms with Crippen LogP contribution >= 0.6 is 0 Å². The van der Waals surface area contributed by atoms with Gasteiger partial charge in [0, 0.05) is 6.54 Å². The Morgan fingerprint density at radius 3 is 2.47 bits per heavy atom. The van der Waals surface area contributed by atoms with Crippen LogP contribution in [0, 0.1) is 0 Å². The Bertz CT molecular complexity index is 238. The Kier molecular flexibility index (Phi) is 5.69. The molecule has 1 atom stereocenters. The lowest BCUT2D eigenvalue weighted by Gasteiger charge is -2.23. The summed E-state index contributed by atoms with van der Waals surface area (Å²) in [5, 5.41) is 11.7. The SMILES string of the molecule is CN[C@@](C)(CCCCN=C(N)N)C(=O)O. The molecule has 0 fully saturated rings. The number of hydrogen-bond donors (Lipinski definition) is 4. The third-order valence-electron chi connectivity index (χ3n) is 2.40. The zero-order valence-electron chi connectivity index (χ0n) is 9.29. The van der Waals surface area contributed by atoms with Gasteiger partial charge in [0.15, 0.2) is 5.96 Å². The van der Waals surface area contributed by atoms with Crippen molar-refractivity contribution in [2.24, 2.45) is 16.5 Å². The lowest BCUT2D eigenvalue weighted by Crippen LogP contribution is -2.47. The average molecular weight is 216 g/mol. The van der Waals surface area contributed by atoms with Crippen LogP contribution in [0.1, 0.15) is 26.2 Å². The fourth-order valence-corrected chi connectivity index (χ4v) is 1.14. The van der Waals surface area contributed by atoms with Crippen molar-refractivity contribution in [1.29, 1.82) is 0 Å². The van der Waals surface area contributed by atoms with Crippen molar-refractivity contribution < 1.29 is 9.90 Å². The molecule has 6 heteroatoms. The van der Waals surface area contributed by atoms with Crippen molar-refractivity contribution in [3.05, 3.63) is 0 Å². The van der Waals surface area contributed by atoms with Crippen LogP contribution in [0.2, 0.25) is 0 Å². The summed E-state index contributed by atoms with van der Waals surface area (Å²) in [6.45, 7) is 2.21. The normalized spacial score (nSPS) is 14.3. The molecule has 0 saturated carbocycles. The molecular formula is C9H20N4O2. The van der Waals surface area contributed by atoms with E-state index in [0.29, 0.717) is 13.0 Å². The number of nitrogens with zero attached hydrogens (tertiary/aromatic N) is 1. The van der Waals surface area contributed by atoms with Crippen molar-refractivity contribution >= 4 is 11.9 Å². The fraction of sp³-hybridized carbons (Fsp3) is 0.778. The Morgan fingerprint density at radius 2 is 2.07 bits per heavy atom. The molecule has 0 aromatic heterocycles. The number of aliphatic imine (C=N–C) groups is 1. The van der Waals surface area contributed by atoms with Crippen LogP contribution in [0.15, 0.2) is 4.99 Å². The van der Waals surface area contributed by atoms with E-state index in [1.54, 1.807) is 14.0 Å². The second-order valence-corrected chi connectivity index (χ2v) is 3.65. The van der Waals surface area contributed by atoms with Crippen molar-refractivity contribution in [3.8, 4) is 0 Å². The number of nitrogens with one attached hydrogen (secondary N) is 1. The number of guanidine groups is 1. The molecule has 0 radical (unpaired) electrons. The molecule has 0 rings (SSSR count). The molecule has 6 N–H and O–H groups in total. The van der Waals surface area contributed by atoms with Gasteiger partial charge in [-0.1, -0.05) is 0 Å². The summed E-state index contributed by atoms with van der Waals surface area (Å²) < 4.78 is 0. The Morgan fingerprint density at radius 1 is 1.47 bits per heavy atom. The van der Waals surface area contributed by atoms with Gasteiger partial charge in [0.05, 0.1) is 0 Å². The van der Waals surface area contributed by atoms with Crippen molar-refractivity contribution in [1.82, 2.24) is 5.32 Å². The average Bonchev–Trinajstić information content (AvgIpc) is 2.16. The number of carboxylic acids is 1. The predicted octanol–water partition coefficient (Wildman–Crippen LogP) is -0.507. The first-order valence-corrected chi connectivity index (χ1v) is 4.90. The highest BCUT2D eigenvalue weighted by Crippen LogP contribution is 2.13. The molecule has 0 bridgehead atoms. The zero-order valence-corrected chi connectivity index (χ0v) is 9.29. The van der Waals surface area contributed by atoms with E-state index in [-0.39, 0.29) is 5.96 Å². The first-order chi connectivity index (χ1) is 6.92. The lowest BCUT2D eigenvalue weighted by atomic mass is 9.95. The summed E-state index contributed by atoms with van der Waals surface area (Å²) in [6, 6.07) is 0. The molecule has 0 aliphatic rings. The summed E-state index contributed by atoms with van der Waals surface area (Å²) in [6.07, 6.45) is 2.10. The van der Waals surface area contributed by atoms with E-state index in [1.807, 2.05) is 0 Å². The minimum absolute atomic E-state index is 0.0737. The third kappa shape index (κ3) is 5.21. The maximum absolute atomic E-state index is 10.9. The summed E-state index contributed by atoms with van der Waals surface area (Å²) >= 11 is 0. The van der Waals surface area contributed by atoms with Crippen LogP contribution < -0.4 is 16.8 Å². The van der Waals surface area contributed by atoms with Gasteiger partial charge in [0.1, 0.15) is 5.54 Å². The number of hydrogen-bond acceptors (Lipinski definition) is 3. The molecule has 15 heavy (non-hydrogen) atoms. The van der Waals surface area contributed by atoms with Gasteiger partial charge in [-0.2, -0.15) is 0 Å². The van der Waals surface area contributed by atoms with E-state index < -0.39 is 11.5 Å². The topological polar surface area (TPSA) is 114 Å². The first kappa shape index (κ1) is 13.7. The lowest BCUT2D eigenvalue weighted by molar-refractivity contribution is -0.144. The smallest absolute Gasteiger partial charge is 0.323 e. The van der Waals surface area contributed by atoms with Crippen LogP contribution in [-0.4, -0.2) is 36.2 Å². The van der Waals surface area contributed by atoms with E-state index in [1.165, 1.54) is 0 Å². The molecule has 0 aromatic rings. The van der Waals surface area contributed by atoms with E-state index in [2.05, 4.69) is 10.3 Å². The number of unbranched alkanes of at least 4 members (excludes halogenated alkanes) is 1. The van der Waals surface area contributed by atoms with Crippen LogP contribution in [-0.2, 0) is 4.79 Å². The minimum atomic E-state index is -0.863. The number of rotatable bonds is 7. The molecule has 88 valence electrons. The molecule has 0 spiro atoms. The van der Waals surface area contributed by atoms with Crippen LogP contribution in [0.25, 0.3) is 0 Å². The number of carbonyl (C=O) groups is 1. The van der Waals surface area contributed by atoms with Crippen molar-refractivity contribution in [2.45, 2.75) is 31.7 Å². The molecule has 0 heterocycles. The van der Waals surface area contributed by atoms with Crippen LogP contribution in [0.5, 0.6) is 0 Å². The van der Waals surface area contributed by atoms with Gasteiger partial charge in [0.25, 0.3) is 0 Å². The summed E-state index contributed by atoms with van der Waals surface area (Å²) in [7, 11) is 1.64. The van der Waals surface area contributed by atoms with Gasteiger partial charge in [-0.25, -0.2) is 0 Å². The largest absolute Gasteiger partial charge is 0.480 e. The maximum atomic E-state index is 10.9. The zero-order chi connectivity index (χ0) is 11.9. The summed E-state index contributed by atoms with van der Waals surface area (Å²) in [5.41, 5.74) is 9.45. The monoisotopic (exact) mass is 216 g/mol. The van der Waals surface area contributed by atoms with Gasteiger partial charge in [-0.15, -0.1) is 0 Å². The standard InChI is InChI=1S/C9H20N4O2/c1-9(12-2,7(14)15)5-3-4-6-13-8(10)11/h12H,3-6H2,1-2H3,(H,14,15)(H4,10,11,13)/t9-/m0/s1. The molecular weight excluding hydrogens is 196 g/mol. The fourth-order valence-electron chi connectivity index (χ4n) is 1.14. The molecule has 0 saturated heterocycles. The van der Waals surface area contributed by atoms with Crippen LogP contribution in [0.3, 0.4) is 0 Å². The Balaban J connectivity index is 3.84. The molecule has 0 unspecified atom stereocenters. The van der Waals surface area contributed by atoms with Gasteiger partial charge < -0.3 is 21.9 Å². The van der Waals surface area contributed by atoms with E-state index in [0.717, 1.165) is 12.8 Å². The number of nitrogens with two attached hydrogens (primary N) is 2. The second kappa shape index (κ2) is 6.23. The number of likely N-dealkylation sites (N-methyl/N-ethyl adjacent to an activating group) is 1. The maximum Gasteiger partial charge on any atom is 0.323 e. The van der Waals surface area contributed by atoms with Gasteiger partial charge in [0.2, 0.25) is 0 Å². The Hall–Kier alpha value is -1.30. The van der Waals surface area contributed by atoms with E-state index in [9.17, 15) is 4.79 Å². The Labute approximate surface area is 89.7 Å². The highest BCUT2D eigenvalue weighted by molar-refractivity contribution is 5.78. The molecule has 0 aromatic carbocycles. The third-order valence-corrected chi connectivity index (χ3v) is 2.40. The van der Waals surface area contributed by atoms with Crippen LogP contribution in [0.4, 0.5) is 0 Å². The first-order valence-electron chi connectivity index (χ1n) is 4.90. The predicted molar refractivity (Wildman–Crippen MR) is 59.6 cm³/mol. The second-order valence-electron chi connectivity index (χ2n) is 3.65.